The summed E-state index contributed by atoms with van der Waals surface area (Å²) in [5.41, 5.74) is 4.04. The molecule has 0 amide bonds. The number of rotatable bonds is 3. The second-order valence-electron chi connectivity index (χ2n) is 5.10. The van der Waals surface area contributed by atoms with Gasteiger partial charge >= 0.3 is 0 Å². The fourth-order valence-corrected chi connectivity index (χ4v) is 2.76. The summed E-state index contributed by atoms with van der Waals surface area (Å²) in [6, 6.07) is 15.7. The summed E-state index contributed by atoms with van der Waals surface area (Å²) in [5, 5.41) is 1.27. The Morgan fingerprint density at radius 2 is 1.59 bits per heavy atom. The third-order valence-corrected chi connectivity index (χ3v) is 4.16. The molecule has 0 saturated carbocycles. The highest BCUT2D eigenvalue weighted by molar-refractivity contribution is 6.36. The number of halogens is 2. The third-order valence-electron chi connectivity index (χ3n) is 3.45. The lowest BCUT2D eigenvalue weighted by molar-refractivity contribution is 0.972. The molecule has 0 atom stereocenters. The summed E-state index contributed by atoms with van der Waals surface area (Å²) < 4.78 is 0. The average Bonchev–Trinajstić information content (AvgIpc) is 2.52. The Kier molecular flexibility index (Phi) is 4.41. The van der Waals surface area contributed by atoms with E-state index < -0.39 is 0 Å². The van der Waals surface area contributed by atoms with Crippen molar-refractivity contribution in [1.29, 1.82) is 0 Å². The van der Waals surface area contributed by atoms with Gasteiger partial charge in [-0.25, -0.2) is 9.97 Å². The molecule has 0 unspecified atom stereocenters. The molecule has 2 aromatic carbocycles. The number of aryl methyl sites for hydroxylation is 1. The Balaban J connectivity index is 1.93. The van der Waals surface area contributed by atoms with E-state index in [0.29, 0.717) is 22.3 Å². The van der Waals surface area contributed by atoms with Crippen LogP contribution in [0.2, 0.25) is 10.0 Å². The number of aromatic nitrogens is 2. The molecule has 0 aliphatic heterocycles. The van der Waals surface area contributed by atoms with Crippen molar-refractivity contribution in [3.63, 3.8) is 0 Å². The van der Waals surface area contributed by atoms with Crippen LogP contribution in [0.4, 0.5) is 0 Å². The van der Waals surface area contributed by atoms with E-state index in [0.717, 1.165) is 16.8 Å². The van der Waals surface area contributed by atoms with E-state index in [-0.39, 0.29) is 0 Å². The van der Waals surface area contributed by atoms with E-state index in [1.165, 1.54) is 5.56 Å². The van der Waals surface area contributed by atoms with Crippen molar-refractivity contribution in [1.82, 2.24) is 9.97 Å². The molecule has 0 bridgehead atoms. The van der Waals surface area contributed by atoms with Gasteiger partial charge < -0.3 is 0 Å². The Hall–Kier alpha value is -1.90. The van der Waals surface area contributed by atoms with Gasteiger partial charge in [-0.2, -0.15) is 0 Å². The lowest BCUT2D eigenvalue weighted by Gasteiger charge is -2.07. The second-order valence-corrected chi connectivity index (χ2v) is 5.92. The van der Waals surface area contributed by atoms with Gasteiger partial charge in [-0.3, -0.25) is 0 Å². The SMILES string of the molecule is Cc1ccc(-c2ccnc(Cc3c(Cl)cccc3Cl)n2)cc1. The number of hydrogen-bond donors (Lipinski definition) is 0. The normalized spacial score (nSPS) is 10.7. The van der Waals surface area contributed by atoms with E-state index >= 15 is 0 Å². The molecule has 22 heavy (non-hydrogen) atoms. The van der Waals surface area contributed by atoms with Gasteiger partial charge in [-0.05, 0) is 30.7 Å². The molecule has 3 aromatic rings. The molecule has 2 nitrogen and oxygen atoms in total. The third kappa shape index (κ3) is 3.29. The summed E-state index contributed by atoms with van der Waals surface area (Å²) in [6.07, 6.45) is 2.28. The molecule has 0 aliphatic carbocycles. The summed E-state index contributed by atoms with van der Waals surface area (Å²) in [5.74, 6) is 0.702. The Morgan fingerprint density at radius 3 is 2.27 bits per heavy atom. The van der Waals surface area contributed by atoms with Gasteiger partial charge in [0.1, 0.15) is 5.82 Å². The molecule has 3 rings (SSSR count). The van der Waals surface area contributed by atoms with Gasteiger partial charge in [-0.1, -0.05) is 59.1 Å². The molecule has 1 aromatic heterocycles. The van der Waals surface area contributed by atoms with Crippen molar-refractivity contribution < 1.29 is 0 Å². The van der Waals surface area contributed by atoms with E-state index in [4.69, 9.17) is 23.2 Å². The second kappa shape index (κ2) is 6.47. The van der Waals surface area contributed by atoms with Crippen molar-refractivity contribution in [2.24, 2.45) is 0 Å². The largest absolute Gasteiger partial charge is 0.241 e. The predicted octanol–water partition coefficient (Wildman–Crippen LogP) is 5.35. The van der Waals surface area contributed by atoms with Crippen molar-refractivity contribution in [3.05, 3.63) is 81.7 Å². The van der Waals surface area contributed by atoms with Crippen LogP contribution in [0.1, 0.15) is 17.0 Å². The van der Waals surface area contributed by atoms with Crippen LogP contribution in [-0.2, 0) is 6.42 Å². The smallest absolute Gasteiger partial charge is 0.133 e. The highest BCUT2D eigenvalue weighted by atomic mass is 35.5. The van der Waals surface area contributed by atoms with Crippen LogP contribution in [-0.4, -0.2) is 9.97 Å². The first-order valence-electron chi connectivity index (χ1n) is 6.95. The summed E-state index contributed by atoms with van der Waals surface area (Å²) in [6.45, 7) is 2.06. The molecule has 4 heteroatoms. The maximum absolute atomic E-state index is 6.21. The van der Waals surface area contributed by atoms with Crippen LogP contribution < -0.4 is 0 Å². The Morgan fingerprint density at radius 1 is 0.909 bits per heavy atom. The maximum Gasteiger partial charge on any atom is 0.133 e. The first-order chi connectivity index (χ1) is 10.6. The minimum absolute atomic E-state index is 0.512. The van der Waals surface area contributed by atoms with E-state index in [1.54, 1.807) is 6.20 Å². The maximum atomic E-state index is 6.21. The van der Waals surface area contributed by atoms with Gasteiger partial charge in [0.05, 0.1) is 5.69 Å². The van der Waals surface area contributed by atoms with E-state index in [1.807, 2.05) is 24.3 Å². The fraction of sp³-hybridized carbons (Fsp3) is 0.111. The lowest BCUT2D eigenvalue weighted by Crippen LogP contribution is -1.99. The lowest BCUT2D eigenvalue weighted by atomic mass is 10.1. The molecule has 0 saturated heterocycles. The molecule has 0 aliphatic rings. The summed E-state index contributed by atoms with van der Waals surface area (Å²) >= 11 is 12.4. The van der Waals surface area contributed by atoms with Gasteiger partial charge in [0.15, 0.2) is 0 Å². The molecule has 1 heterocycles. The van der Waals surface area contributed by atoms with Gasteiger partial charge in [0.2, 0.25) is 0 Å². The van der Waals surface area contributed by atoms with Crippen molar-refractivity contribution in [2.45, 2.75) is 13.3 Å². The fourth-order valence-electron chi connectivity index (χ4n) is 2.23. The predicted molar refractivity (Wildman–Crippen MR) is 91.5 cm³/mol. The van der Waals surface area contributed by atoms with Crippen LogP contribution >= 0.6 is 23.2 Å². The first-order valence-corrected chi connectivity index (χ1v) is 7.71. The van der Waals surface area contributed by atoms with Crippen molar-refractivity contribution in [3.8, 4) is 11.3 Å². The average molecular weight is 329 g/mol. The zero-order chi connectivity index (χ0) is 15.5. The van der Waals surface area contributed by atoms with Gasteiger partial charge in [-0.15, -0.1) is 0 Å². The molecule has 0 spiro atoms. The first kappa shape index (κ1) is 15.0. The molecule has 0 N–H and O–H groups in total. The van der Waals surface area contributed by atoms with Crippen LogP contribution in [0, 0.1) is 6.92 Å². The molecule has 110 valence electrons. The summed E-state index contributed by atoms with van der Waals surface area (Å²) in [4.78, 5) is 8.95. The van der Waals surface area contributed by atoms with Crippen molar-refractivity contribution >= 4 is 23.2 Å². The van der Waals surface area contributed by atoms with Crippen molar-refractivity contribution in [2.75, 3.05) is 0 Å². The quantitative estimate of drug-likeness (QED) is 0.647. The highest BCUT2D eigenvalue weighted by Crippen LogP contribution is 2.26. The van der Waals surface area contributed by atoms with E-state index in [2.05, 4.69) is 41.2 Å². The topological polar surface area (TPSA) is 25.8 Å². The Labute approximate surface area is 139 Å². The summed E-state index contributed by atoms with van der Waals surface area (Å²) in [7, 11) is 0. The number of benzene rings is 2. The number of hydrogen-bond acceptors (Lipinski definition) is 2. The highest BCUT2D eigenvalue weighted by Gasteiger charge is 2.09. The van der Waals surface area contributed by atoms with Crippen LogP contribution in [0.15, 0.2) is 54.7 Å². The van der Waals surface area contributed by atoms with Crippen LogP contribution in [0.5, 0.6) is 0 Å². The Bertz CT molecular complexity index is 778. The van der Waals surface area contributed by atoms with E-state index in [9.17, 15) is 0 Å². The number of nitrogens with zero attached hydrogens (tertiary/aromatic N) is 2. The zero-order valence-electron chi connectivity index (χ0n) is 12.1. The molecule has 0 fully saturated rings. The minimum Gasteiger partial charge on any atom is -0.241 e. The minimum atomic E-state index is 0.512. The van der Waals surface area contributed by atoms with Gasteiger partial charge in [0.25, 0.3) is 0 Å². The zero-order valence-corrected chi connectivity index (χ0v) is 13.6. The standard InChI is InChI=1S/C18H14Cl2N2/c1-12-5-7-13(8-6-12)17-9-10-21-18(22-17)11-14-15(19)3-2-4-16(14)20/h2-10H,11H2,1H3. The van der Waals surface area contributed by atoms with Crippen LogP contribution in [0.3, 0.4) is 0 Å². The molecule has 0 radical (unpaired) electrons. The molecular formula is C18H14Cl2N2. The van der Waals surface area contributed by atoms with Crippen LogP contribution in [0.25, 0.3) is 11.3 Å². The van der Waals surface area contributed by atoms with Gasteiger partial charge in [0, 0.05) is 28.2 Å². The molecular weight excluding hydrogens is 315 g/mol. The monoisotopic (exact) mass is 328 g/mol.